The highest BCUT2D eigenvalue weighted by Crippen LogP contribution is 2.36. The molecule has 0 unspecified atom stereocenters. The van der Waals surface area contributed by atoms with Gasteiger partial charge in [-0.15, -0.1) is 0 Å². The minimum absolute atomic E-state index is 1.12. The summed E-state index contributed by atoms with van der Waals surface area (Å²) in [5, 5.41) is 4.89. The first-order valence-corrected chi connectivity index (χ1v) is 21.8. The van der Waals surface area contributed by atoms with Gasteiger partial charge in [-0.3, -0.25) is 0 Å². The molecule has 304 valence electrons. The predicted octanol–water partition coefficient (Wildman–Crippen LogP) is 17.4. The first-order valence-electron chi connectivity index (χ1n) is 21.8. The molecule has 0 N–H and O–H groups in total. The van der Waals surface area contributed by atoms with E-state index in [4.69, 9.17) is 0 Å². The summed E-state index contributed by atoms with van der Waals surface area (Å²) in [5.41, 5.74) is 13.8. The summed E-state index contributed by atoms with van der Waals surface area (Å²) >= 11 is 0. The van der Waals surface area contributed by atoms with E-state index < -0.39 is 0 Å². The number of benzene rings is 10. The van der Waals surface area contributed by atoms with E-state index in [0.717, 1.165) is 45.3 Å². The Balaban J connectivity index is 0.782. The maximum atomic E-state index is 2.28. The largest absolute Gasteiger partial charge is 0.311 e. The van der Waals surface area contributed by atoms with Crippen LogP contribution in [0.1, 0.15) is 33.4 Å². The number of fused-ring (bicyclic) bond motifs is 2. The summed E-state index contributed by atoms with van der Waals surface area (Å²) in [6.45, 7) is 0. The van der Waals surface area contributed by atoms with Crippen LogP contribution < -0.4 is 9.80 Å². The van der Waals surface area contributed by atoms with Crippen LogP contribution in [0.15, 0.2) is 243 Å². The summed E-state index contributed by atoms with van der Waals surface area (Å²) in [4.78, 5) is 4.56. The molecule has 2 heteroatoms. The minimum Gasteiger partial charge on any atom is -0.311 e. The molecule has 0 fully saturated rings. The smallest absolute Gasteiger partial charge is 0.0462 e. The Hall–Kier alpha value is -8.46. The van der Waals surface area contributed by atoms with Gasteiger partial charge in [-0.05, 0) is 152 Å². The van der Waals surface area contributed by atoms with Gasteiger partial charge in [0.05, 0.1) is 0 Å². The van der Waals surface area contributed by atoms with E-state index in [1.807, 2.05) is 0 Å². The lowest BCUT2D eigenvalue weighted by atomic mass is 10.0. The van der Waals surface area contributed by atoms with Crippen LogP contribution in [0.4, 0.5) is 34.1 Å². The summed E-state index contributed by atoms with van der Waals surface area (Å²) in [7, 11) is 0. The molecule has 0 bridgehead atoms. The van der Waals surface area contributed by atoms with E-state index in [9.17, 15) is 0 Å². The number of para-hydroxylation sites is 4. The first-order chi connectivity index (χ1) is 31.7. The zero-order valence-corrected chi connectivity index (χ0v) is 35.5. The molecule has 10 rings (SSSR count). The second-order valence-corrected chi connectivity index (χ2v) is 15.9. The highest BCUT2D eigenvalue weighted by atomic mass is 15.1. The Labute approximate surface area is 376 Å². The van der Waals surface area contributed by atoms with Crippen molar-refractivity contribution in [2.24, 2.45) is 0 Å². The highest BCUT2D eigenvalue weighted by Gasteiger charge is 2.13. The van der Waals surface area contributed by atoms with Crippen LogP contribution in [-0.2, 0) is 0 Å². The van der Waals surface area contributed by atoms with Gasteiger partial charge in [-0.2, -0.15) is 0 Å². The first kappa shape index (κ1) is 39.7. The molecule has 0 saturated carbocycles. The minimum atomic E-state index is 1.12. The normalized spacial score (nSPS) is 11.6. The lowest BCUT2D eigenvalue weighted by Crippen LogP contribution is -2.09. The van der Waals surface area contributed by atoms with E-state index in [2.05, 4.69) is 289 Å². The van der Waals surface area contributed by atoms with Gasteiger partial charge in [0.15, 0.2) is 0 Å². The zero-order valence-electron chi connectivity index (χ0n) is 35.5. The molecule has 10 aromatic rings. The lowest BCUT2D eigenvalue weighted by molar-refractivity contribution is 1.28. The van der Waals surface area contributed by atoms with Crippen molar-refractivity contribution in [1.29, 1.82) is 0 Å². The molecule has 64 heavy (non-hydrogen) atoms. The van der Waals surface area contributed by atoms with Crippen LogP contribution in [0, 0.1) is 0 Å². The fourth-order valence-corrected chi connectivity index (χ4v) is 8.23. The number of anilines is 6. The third kappa shape index (κ3) is 9.23. The van der Waals surface area contributed by atoms with Crippen LogP contribution in [0.5, 0.6) is 0 Å². The summed E-state index contributed by atoms with van der Waals surface area (Å²) in [6.07, 6.45) is 13.2. The van der Waals surface area contributed by atoms with Gasteiger partial charge < -0.3 is 9.80 Å². The molecule has 0 spiro atoms. The standard InChI is InChI=1S/C62H46N2/c1-5-13-57(14-6-1)63(58-15-7-2-8-16-58)61-39-31-47(32-40-61)21-23-49-27-35-55-45-51(29-37-53(55)43-49)25-26-52-30-38-54-44-50(28-36-56(54)46-52)24-22-48-33-41-62(42-34-48)64(59-17-9-3-10-18-59)60-19-11-4-12-20-60/h1-46H. The Kier molecular flexibility index (Phi) is 11.6. The van der Waals surface area contributed by atoms with Crippen molar-refractivity contribution >= 4 is 92.1 Å². The highest BCUT2D eigenvalue weighted by molar-refractivity contribution is 5.91. The number of hydrogen-bond donors (Lipinski definition) is 0. The Morgan fingerprint density at radius 1 is 0.188 bits per heavy atom. The Bertz CT molecular complexity index is 2920. The maximum absolute atomic E-state index is 2.28. The summed E-state index contributed by atoms with van der Waals surface area (Å²) < 4.78 is 0. The van der Waals surface area contributed by atoms with Crippen molar-refractivity contribution in [2.75, 3.05) is 9.80 Å². The molecule has 2 nitrogen and oxygen atoms in total. The van der Waals surface area contributed by atoms with Crippen molar-refractivity contribution in [3.8, 4) is 0 Å². The van der Waals surface area contributed by atoms with E-state index in [0.29, 0.717) is 0 Å². The van der Waals surface area contributed by atoms with Gasteiger partial charge in [0.1, 0.15) is 0 Å². The van der Waals surface area contributed by atoms with E-state index in [1.54, 1.807) is 0 Å². The molecule has 0 radical (unpaired) electrons. The monoisotopic (exact) mass is 818 g/mol. The molecule has 10 aromatic carbocycles. The molecule has 0 aliphatic heterocycles. The van der Waals surface area contributed by atoms with Crippen molar-refractivity contribution in [2.45, 2.75) is 0 Å². The van der Waals surface area contributed by atoms with Crippen molar-refractivity contribution in [3.63, 3.8) is 0 Å². The van der Waals surface area contributed by atoms with Crippen molar-refractivity contribution < 1.29 is 0 Å². The predicted molar refractivity (Wildman–Crippen MR) is 277 cm³/mol. The van der Waals surface area contributed by atoms with Gasteiger partial charge in [-0.1, -0.05) is 182 Å². The van der Waals surface area contributed by atoms with Crippen LogP contribution in [0.3, 0.4) is 0 Å². The van der Waals surface area contributed by atoms with Crippen molar-refractivity contribution in [1.82, 2.24) is 0 Å². The Morgan fingerprint density at radius 2 is 0.391 bits per heavy atom. The van der Waals surface area contributed by atoms with Gasteiger partial charge in [0.25, 0.3) is 0 Å². The molecule has 0 atom stereocenters. The van der Waals surface area contributed by atoms with E-state index in [1.165, 1.54) is 43.8 Å². The number of hydrogen-bond acceptors (Lipinski definition) is 2. The van der Waals surface area contributed by atoms with Gasteiger partial charge in [0.2, 0.25) is 0 Å². The topological polar surface area (TPSA) is 6.48 Å². The van der Waals surface area contributed by atoms with E-state index in [-0.39, 0.29) is 0 Å². The van der Waals surface area contributed by atoms with Gasteiger partial charge in [-0.25, -0.2) is 0 Å². The average Bonchev–Trinajstić information content (AvgIpc) is 3.36. The van der Waals surface area contributed by atoms with E-state index >= 15 is 0 Å². The third-order valence-electron chi connectivity index (χ3n) is 11.5. The average molecular weight is 819 g/mol. The molecular formula is C62H46N2. The second kappa shape index (κ2) is 18.7. The van der Waals surface area contributed by atoms with Crippen LogP contribution >= 0.6 is 0 Å². The quantitative estimate of drug-likeness (QED) is 0.113. The fraction of sp³-hybridized carbons (Fsp3) is 0. The lowest BCUT2D eigenvalue weighted by Gasteiger charge is -2.25. The molecule has 0 amide bonds. The zero-order chi connectivity index (χ0) is 42.9. The summed E-state index contributed by atoms with van der Waals surface area (Å²) in [6, 6.07) is 86.2. The third-order valence-corrected chi connectivity index (χ3v) is 11.5. The number of rotatable bonds is 12. The molecule has 0 aromatic heterocycles. The molecule has 0 aliphatic carbocycles. The maximum Gasteiger partial charge on any atom is 0.0462 e. The SMILES string of the molecule is C(=Cc1ccc2cc(C=Cc3ccc4cc(C=Cc5ccc(N(c6ccccc6)c6ccccc6)cc5)ccc4c3)ccc2c1)c1ccc(N(c2ccccc2)c2ccccc2)cc1. The van der Waals surface area contributed by atoms with Crippen LogP contribution in [0.25, 0.3) is 58.0 Å². The van der Waals surface area contributed by atoms with Crippen LogP contribution in [0.2, 0.25) is 0 Å². The van der Waals surface area contributed by atoms with Gasteiger partial charge >= 0.3 is 0 Å². The molecular weight excluding hydrogens is 773 g/mol. The summed E-state index contributed by atoms with van der Waals surface area (Å²) in [5.74, 6) is 0. The Morgan fingerprint density at radius 3 is 0.641 bits per heavy atom. The number of nitrogens with zero attached hydrogens (tertiary/aromatic N) is 2. The molecule has 0 aliphatic rings. The van der Waals surface area contributed by atoms with Gasteiger partial charge in [0, 0.05) is 34.1 Å². The molecule has 0 heterocycles. The second-order valence-electron chi connectivity index (χ2n) is 15.9. The molecule has 0 saturated heterocycles. The fourth-order valence-electron chi connectivity index (χ4n) is 8.23. The van der Waals surface area contributed by atoms with Crippen molar-refractivity contribution in [3.05, 3.63) is 276 Å². The van der Waals surface area contributed by atoms with Crippen LogP contribution in [-0.4, -0.2) is 0 Å².